The third-order valence-electron chi connectivity index (χ3n) is 4.29. The predicted molar refractivity (Wildman–Crippen MR) is 101 cm³/mol. The number of hydrogen-bond acceptors (Lipinski definition) is 8. The van der Waals surface area contributed by atoms with Crippen molar-refractivity contribution in [1.82, 2.24) is 14.9 Å². The molecule has 0 radical (unpaired) electrons. The number of hydrogen-bond donors (Lipinski definition) is 1. The minimum atomic E-state index is -0.474. The zero-order chi connectivity index (χ0) is 18.7. The molecule has 0 saturated carbocycles. The Morgan fingerprint density at radius 2 is 2.00 bits per heavy atom. The predicted octanol–water partition coefficient (Wildman–Crippen LogP) is 2.06. The van der Waals surface area contributed by atoms with Crippen molar-refractivity contribution in [2.45, 2.75) is 6.54 Å². The average molecular weight is 423 g/mol. The Balaban J connectivity index is 1.69. The van der Waals surface area contributed by atoms with E-state index in [0.29, 0.717) is 29.1 Å². The van der Waals surface area contributed by atoms with Crippen LogP contribution in [0.4, 0.5) is 17.2 Å². The zero-order valence-corrected chi connectivity index (χ0v) is 15.8. The molecule has 0 aromatic carbocycles. The first-order chi connectivity index (χ1) is 12.5. The van der Waals surface area contributed by atoms with E-state index in [0.717, 1.165) is 25.2 Å². The lowest BCUT2D eigenvalue weighted by atomic mass is 10.2. The van der Waals surface area contributed by atoms with Crippen molar-refractivity contribution in [1.29, 1.82) is 0 Å². The topological polar surface area (TPSA) is 111 Å². The van der Waals surface area contributed by atoms with E-state index in [2.05, 4.69) is 30.8 Å². The van der Waals surface area contributed by atoms with Gasteiger partial charge in [0.1, 0.15) is 5.69 Å². The molecule has 2 aromatic rings. The summed E-state index contributed by atoms with van der Waals surface area (Å²) in [5.41, 5.74) is 7.17. The van der Waals surface area contributed by atoms with E-state index in [-0.39, 0.29) is 11.5 Å². The van der Waals surface area contributed by atoms with Crippen molar-refractivity contribution in [3.63, 3.8) is 0 Å². The fourth-order valence-electron chi connectivity index (χ4n) is 2.98. The molecule has 1 aliphatic heterocycles. The third-order valence-corrected chi connectivity index (χ3v) is 4.87. The van der Waals surface area contributed by atoms with Crippen molar-refractivity contribution < 1.29 is 9.66 Å². The van der Waals surface area contributed by atoms with Crippen LogP contribution in [0.25, 0.3) is 0 Å². The fraction of sp³-hybridized carbons (Fsp3) is 0.375. The van der Waals surface area contributed by atoms with Crippen LogP contribution in [0, 0.1) is 10.1 Å². The molecule has 1 fully saturated rings. The fourth-order valence-corrected chi connectivity index (χ4v) is 3.52. The number of ether oxygens (including phenoxy) is 1. The van der Waals surface area contributed by atoms with Gasteiger partial charge in [-0.2, -0.15) is 0 Å². The first-order valence-electron chi connectivity index (χ1n) is 8.04. The molecular formula is C16H19BrN6O3. The molecule has 1 aliphatic rings. The summed E-state index contributed by atoms with van der Waals surface area (Å²) in [6, 6.07) is 3.83. The van der Waals surface area contributed by atoms with Gasteiger partial charge in [-0.05, 0) is 21.5 Å². The van der Waals surface area contributed by atoms with Crippen molar-refractivity contribution in [3.8, 4) is 5.88 Å². The SMILES string of the molecule is COc1ccc(CN2CCN(c3c(Br)cnc(N)c3[N+](=O)[O-])CC2)cn1. The number of halogens is 1. The molecule has 0 spiro atoms. The lowest BCUT2D eigenvalue weighted by Gasteiger charge is -2.36. The van der Waals surface area contributed by atoms with Crippen molar-refractivity contribution in [3.05, 3.63) is 44.7 Å². The number of rotatable bonds is 5. The number of methoxy groups -OCH3 is 1. The van der Waals surface area contributed by atoms with Crippen LogP contribution in [-0.2, 0) is 6.54 Å². The summed E-state index contributed by atoms with van der Waals surface area (Å²) in [6.07, 6.45) is 3.31. The summed E-state index contributed by atoms with van der Waals surface area (Å²) < 4.78 is 5.64. The lowest BCUT2D eigenvalue weighted by Crippen LogP contribution is -2.46. The highest BCUT2D eigenvalue weighted by Gasteiger charge is 2.29. The summed E-state index contributed by atoms with van der Waals surface area (Å²) in [4.78, 5) is 23.3. The first kappa shape index (κ1) is 18.3. The zero-order valence-electron chi connectivity index (χ0n) is 14.3. The number of pyridine rings is 2. The number of aromatic nitrogens is 2. The van der Waals surface area contributed by atoms with Crippen LogP contribution in [0.15, 0.2) is 29.0 Å². The van der Waals surface area contributed by atoms with Gasteiger partial charge in [-0.3, -0.25) is 15.0 Å². The van der Waals surface area contributed by atoms with E-state index < -0.39 is 4.92 Å². The van der Waals surface area contributed by atoms with Gasteiger partial charge in [0.2, 0.25) is 11.7 Å². The second kappa shape index (κ2) is 7.83. The van der Waals surface area contributed by atoms with E-state index in [4.69, 9.17) is 10.5 Å². The summed E-state index contributed by atoms with van der Waals surface area (Å²) >= 11 is 3.37. The van der Waals surface area contributed by atoms with Gasteiger partial charge in [0, 0.05) is 51.2 Å². The van der Waals surface area contributed by atoms with Crippen LogP contribution in [0.3, 0.4) is 0 Å². The van der Waals surface area contributed by atoms with Gasteiger partial charge in [0.25, 0.3) is 0 Å². The molecule has 3 heterocycles. The maximum atomic E-state index is 11.4. The standard InChI is InChI=1S/C16H19BrN6O3/c1-26-13-3-2-11(8-19-13)10-21-4-6-22(7-5-21)14-12(17)9-20-16(18)15(14)23(24)25/h2-3,8-9H,4-7,10H2,1H3,(H2,18,20). The lowest BCUT2D eigenvalue weighted by molar-refractivity contribution is -0.383. The van der Waals surface area contributed by atoms with Crippen molar-refractivity contribution >= 4 is 33.1 Å². The molecular weight excluding hydrogens is 404 g/mol. The molecule has 0 unspecified atom stereocenters. The molecule has 0 amide bonds. The highest BCUT2D eigenvalue weighted by Crippen LogP contribution is 2.39. The van der Waals surface area contributed by atoms with Crippen LogP contribution in [0.5, 0.6) is 5.88 Å². The number of nitrogens with two attached hydrogens (primary N) is 1. The van der Waals surface area contributed by atoms with Crippen LogP contribution >= 0.6 is 15.9 Å². The van der Waals surface area contributed by atoms with Crippen LogP contribution in [0.1, 0.15) is 5.56 Å². The summed E-state index contributed by atoms with van der Waals surface area (Å²) in [6.45, 7) is 3.64. The Labute approximate surface area is 159 Å². The van der Waals surface area contributed by atoms with Gasteiger partial charge in [-0.1, -0.05) is 6.07 Å². The van der Waals surface area contributed by atoms with Gasteiger partial charge in [0.15, 0.2) is 0 Å². The van der Waals surface area contributed by atoms with E-state index >= 15 is 0 Å². The largest absolute Gasteiger partial charge is 0.481 e. The van der Waals surface area contributed by atoms with Gasteiger partial charge < -0.3 is 15.4 Å². The molecule has 10 heteroatoms. The summed E-state index contributed by atoms with van der Waals surface area (Å²) in [7, 11) is 1.59. The quantitative estimate of drug-likeness (QED) is 0.575. The van der Waals surface area contributed by atoms with E-state index in [1.807, 2.05) is 17.0 Å². The molecule has 0 bridgehead atoms. The summed E-state index contributed by atoms with van der Waals surface area (Å²) in [5, 5.41) is 11.4. The second-order valence-corrected chi connectivity index (χ2v) is 6.77. The van der Waals surface area contributed by atoms with Crippen LogP contribution < -0.4 is 15.4 Å². The van der Waals surface area contributed by atoms with Crippen LogP contribution in [0.2, 0.25) is 0 Å². The number of nitrogen functional groups attached to an aromatic ring is 1. The highest BCUT2D eigenvalue weighted by atomic mass is 79.9. The van der Waals surface area contributed by atoms with Crippen molar-refractivity contribution in [2.75, 3.05) is 43.9 Å². The van der Waals surface area contributed by atoms with Crippen LogP contribution in [-0.4, -0.2) is 53.1 Å². The molecule has 0 atom stereocenters. The Morgan fingerprint density at radius 1 is 1.27 bits per heavy atom. The molecule has 26 heavy (non-hydrogen) atoms. The molecule has 138 valence electrons. The van der Waals surface area contributed by atoms with E-state index in [9.17, 15) is 10.1 Å². The van der Waals surface area contributed by atoms with Gasteiger partial charge in [-0.15, -0.1) is 0 Å². The molecule has 0 aliphatic carbocycles. The number of nitrogens with zero attached hydrogens (tertiary/aromatic N) is 5. The maximum absolute atomic E-state index is 11.4. The molecule has 2 aromatic heterocycles. The maximum Gasteiger partial charge on any atom is 0.335 e. The normalized spacial score (nSPS) is 15.1. The minimum Gasteiger partial charge on any atom is -0.481 e. The Kier molecular flexibility index (Phi) is 5.52. The number of anilines is 2. The van der Waals surface area contributed by atoms with Gasteiger partial charge >= 0.3 is 5.69 Å². The summed E-state index contributed by atoms with van der Waals surface area (Å²) in [5.74, 6) is 0.519. The van der Waals surface area contributed by atoms with Crippen molar-refractivity contribution in [2.24, 2.45) is 0 Å². The van der Waals surface area contributed by atoms with E-state index in [1.54, 1.807) is 13.3 Å². The first-order valence-corrected chi connectivity index (χ1v) is 8.83. The Bertz CT molecular complexity index is 793. The highest BCUT2D eigenvalue weighted by molar-refractivity contribution is 9.10. The number of piperazine rings is 1. The Hall–Kier alpha value is -2.46. The molecule has 2 N–H and O–H groups in total. The molecule has 9 nitrogen and oxygen atoms in total. The second-order valence-electron chi connectivity index (χ2n) is 5.92. The smallest absolute Gasteiger partial charge is 0.335 e. The van der Waals surface area contributed by atoms with Gasteiger partial charge in [0.05, 0.1) is 16.5 Å². The molecule has 1 saturated heterocycles. The average Bonchev–Trinajstić information content (AvgIpc) is 2.64. The van der Waals surface area contributed by atoms with E-state index in [1.165, 1.54) is 6.20 Å². The van der Waals surface area contributed by atoms with Gasteiger partial charge in [-0.25, -0.2) is 9.97 Å². The monoisotopic (exact) mass is 422 g/mol. The Morgan fingerprint density at radius 3 is 2.58 bits per heavy atom. The third kappa shape index (κ3) is 3.86. The molecule has 3 rings (SSSR count). The minimum absolute atomic E-state index is 0.0695. The number of nitro groups is 1.